The van der Waals surface area contributed by atoms with Crippen molar-refractivity contribution in [2.75, 3.05) is 20.1 Å². The number of rotatable bonds is 4. The fourth-order valence-electron chi connectivity index (χ4n) is 2.88. The monoisotopic (exact) mass is 344 g/mol. The predicted molar refractivity (Wildman–Crippen MR) is 92.4 cm³/mol. The van der Waals surface area contributed by atoms with E-state index in [4.69, 9.17) is 0 Å². The van der Waals surface area contributed by atoms with E-state index < -0.39 is 0 Å². The highest BCUT2D eigenvalue weighted by atomic mass is 32.1. The number of piperidine rings is 1. The SMILES string of the molecule is CNC(=O)C1CCCN(C(=O)Cc2csc(-c3ccccn3)n2)C1. The van der Waals surface area contributed by atoms with Crippen molar-refractivity contribution in [3.63, 3.8) is 0 Å². The Morgan fingerprint density at radius 3 is 3.04 bits per heavy atom. The van der Waals surface area contributed by atoms with E-state index in [2.05, 4.69) is 15.3 Å². The standard InChI is InChI=1S/C17H20N4O2S/c1-18-16(23)12-5-4-8-21(10-12)15(22)9-13-11-24-17(20-13)14-6-2-3-7-19-14/h2-3,6-7,11-12H,4-5,8-10H2,1H3,(H,18,23). The normalized spacial score (nSPS) is 17.5. The molecule has 0 aromatic carbocycles. The summed E-state index contributed by atoms with van der Waals surface area (Å²) in [5, 5.41) is 5.40. The van der Waals surface area contributed by atoms with Crippen LogP contribution in [0.4, 0.5) is 0 Å². The molecule has 7 heteroatoms. The average Bonchev–Trinajstić information content (AvgIpc) is 3.10. The molecule has 0 saturated carbocycles. The number of aromatic nitrogens is 2. The molecular formula is C17H20N4O2S. The second-order valence-corrected chi connectivity index (χ2v) is 6.69. The van der Waals surface area contributed by atoms with Crippen LogP contribution in [0.1, 0.15) is 18.5 Å². The van der Waals surface area contributed by atoms with Crippen molar-refractivity contribution in [1.82, 2.24) is 20.2 Å². The zero-order chi connectivity index (χ0) is 16.9. The smallest absolute Gasteiger partial charge is 0.228 e. The summed E-state index contributed by atoms with van der Waals surface area (Å²) in [5.41, 5.74) is 1.58. The van der Waals surface area contributed by atoms with Crippen molar-refractivity contribution < 1.29 is 9.59 Å². The van der Waals surface area contributed by atoms with Crippen LogP contribution in [0.3, 0.4) is 0 Å². The number of nitrogens with one attached hydrogen (secondary N) is 1. The molecule has 1 atom stereocenters. The number of pyridine rings is 1. The Labute approximate surface area is 144 Å². The van der Waals surface area contributed by atoms with E-state index in [9.17, 15) is 9.59 Å². The summed E-state index contributed by atoms with van der Waals surface area (Å²) in [6.07, 6.45) is 3.70. The van der Waals surface area contributed by atoms with Crippen LogP contribution in [0.25, 0.3) is 10.7 Å². The third-order valence-corrected chi connectivity index (χ3v) is 5.07. The van der Waals surface area contributed by atoms with Gasteiger partial charge in [0.15, 0.2) is 0 Å². The van der Waals surface area contributed by atoms with E-state index in [-0.39, 0.29) is 24.2 Å². The van der Waals surface area contributed by atoms with E-state index in [1.54, 1.807) is 18.1 Å². The summed E-state index contributed by atoms with van der Waals surface area (Å²) >= 11 is 1.49. The number of thiazole rings is 1. The molecule has 1 fully saturated rings. The Morgan fingerprint density at radius 1 is 1.42 bits per heavy atom. The fraction of sp³-hybridized carbons (Fsp3) is 0.412. The van der Waals surface area contributed by atoms with Crippen LogP contribution in [0.2, 0.25) is 0 Å². The molecule has 24 heavy (non-hydrogen) atoms. The van der Waals surface area contributed by atoms with Gasteiger partial charge in [-0.05, 0) is 25.0 Å². The van der Waals surface area contributed by atoms with Gasteiger partial charge in [0.05, 0.1) is 23.7 Å². The van der Waals surface area contributed by atoms with Crippen LogP contribution in [-0.4, -0.2) is 46.8 Å². The number of hydrogen-bond donors (Lipinski definition) is 1. The van der Waals surface area contributed by atoms with Gasteiger partial charge < -0.3 is 10.2 Å². The van der Waals surface area contributed by atoms with Gasteiger partial charge >= 0.3 is 0 Å². The van der Waals surface area contributed by atoms with Gasteiger partial charge in [-0.25, -0.2) is 4.98 Å². The van der Waals surface area contributed by atoms with Gasteiger partial charge in [-0.15, -0.1) is 11.3 Å². The molecule has 6 nitrogen and oxygen atoms in total. The maximum absolute atomic E-state index is 12.5. The third-order valence-electron chi connectivity index (χ3n) is 4.16. The summed E-state index contributed by atoms with van der Waals surface area (Å²) in [5.74, 6) is -0.0627. The van der Waals surface area contributed by atoms with Crippen molar-refractivity contribution in [3.05, 3.63) is 35.5 Å². The van der Waals surface area contributed by atoms with Crippen molar-refractivity contribution in [1.29, 1.82) is 0 Å². The minimum absolute atomic E-state index is 0.0126. The third kappa shape index (κ3) is 3.79. The minimum Gasteiger partial charge on any atom is -0.359 e. The number of hydrogen-bond acceptors (Lipinski definition) is 5. The Morgan fingerprint density at radius 2 is 2.29 bits per heavy atom. The van der Waals surface area contributed by atoms with E-state index >= 15 is 0 Å². The van der Waals surface area contributed by atoms with Gasteiger partial charge in [-0.1, -0.05) is 6.07 Å². The van der Waals surface area contributed by atoms with Gasteiger partial charge in [0.1, 0.15) is 5.01 Å². The quantitative estimate of drug-likeness (QED) is 0.917. The molecule has 1 aliphatic heterocycles. The highest BCUT2D eigenvalue weighted by molar-refractivity contribution is 7.13. The zero-order valence-corrected chi connectivity index (χ0v) is 14.4. The predicted octanol–water partition coefficient (Wildman–Crippen LogP) is 1.73. The zero-order valence-electron chi connectivity index (χ0n) is 13.6. The Balaban J connectivity index is 1.63. The number of amides is 2. The summed E-state index contributed by atoms with van der Waals surface area (Å²) in [7, 11) is 1.64. The largest absolute Gasteiger partial charge is 0.359 e. The first-order chi connectivity index (χ1) is 11.7. The van der Waals surface area contributed by atoms with Crippen LogP contribution >= 0.6 is 11.3 Å². The van der Waals surface area contributed by atoms with Gasteiger partial charge in [0.2, 0.25) is 11.8 Å². The van der Waals surface area contributed by atoms with Crippen LogP contribution in [0.5, 0.6) is 0 Å². The number of carbonyl (C=O) groups is 2. The first-order valence-electron chi connectivity index (χ1n) is 8.02. The lowest BCUT2D eigenvalue weighted by Crippen LogP contribution is -2.45. The van der Waals surface area contributed by atoms with Crippen molar-refractivity contribution >= 4 is 23.2 Å². The highest BCUT2D eigenvalue weighted by Gasteiger charge is 2.28. The maximum atomic E-state index is 12.5. The number of likely N-dealkylation sites (tertiary alicyclic amines) is 1. The van der Waals surface area contributed by atoms with Crippen LogP contribution in [0.15, 0.2) is 29.8 Å². The molecule has 2 amide bonds. The molecule has 2 aromatic heterocycles. The van der Waals surface area contributed by atoms with E-state index in [1.807, 2.05) is 23.6 Å². The highest BCUT2D eigenvalue weighted by Crippen LogP contribution is 2.23. The molecule has 1 aliphatic rings. The molecule has 2 aromatic rings. The summed E-state index contributed by atoms with van der Waals surface area (Å²) in [6.45, 7) is 1.21. The van der Waals surface area contributed by atoms with E-state index in [0.29, 0.717) is 13.1 Å². The Hall–Kier alpha value is -2.28. The molecule has 1 N–H and O–H groups in total. The topological polar surface area (TPSA) is 75.2 Å². The van der Waals surface area contributed by atoms with Crippen molar-refractivity contribution in [2.24, 2.45) is 5.92 Å². The lowest BCUT2D eigenvalue weighted by molar-refractivity contribution is -0.135. The molecule has 126 valence electrons. The van der Waals surface area contributed by atoms with Gasteiger partial charge in [0, 0.05) is 31.7 Å². The first kappa shape index (κ1) is 16.6. The molecule has 0 spiro atoms. The first-order valence-corrected chi connectivity index (χ1v) is 8.90. The summed E-state index contributed by atoms with van der Waals surface area (Å²) in [4.78, 5) is 34.9. The van der Waals surface area contributed by atoms with Gasteiger partial charge in [-0.2, -0.15) is 0 Å². The minimum atomic E-state index is -0.104. The average molecular weight is 344 g/mol. The van der Waals surface area contributed by atoms with Gasteiger partial charge in [0.25, 0.3) is 0 Å². The molecule has 1 saturated heterocycles. The fourth-order valence-corrected chi connectivity index (χ4v) is 3.68. The van der Waals surface area contributed by atoms with Crippen LogP contribution < -0.4 is 5.32 Å². The van der Waals surface area contributed by atoms with Crippen LogP contribution in [-0.2, 0) is 16.0 Å². The summed E-state index contributed by atoms with van der Waals surface area (Å²) in [6, 6.07) is 5.69. The Kier molecular flexibility index (Phi) is 5.20. The molecule has 3 rings (SSSR count). The second kappa shape index (κ2) is 7.53. The summed E-state index contributed by atoms with van der Waals surface area (Å²) < 4.78 is 0. The molecule has 0 radical (unpaired) electrons. The Bertz CT molecular complexity index is 716. The van der Waals surface area contributed by atoms with Crippen molar-refractivity contribution in [2.45, 2.75) is 19.3 Å². The van der Waals surface area contributed by atoms with E-state index in [1.165, 1.54) is 11.3 Å². The van der Waals surface area contributed by atoms with E-state index in [0.717, 1.165) is 29.2 Å². The maximum Gasteiger partial charge on any atom is 0.228 e. The molecular weight excluding hydrogens is 324 g/mol. The lowest BCUT2D eigenvalue weighted by atomic mass is 9.97. The van der Waals surface area contributed by atoms with Crippen LogP contribution in [0, 0.1) is 5.92 Å². The molecule has 3 heterocycles. The number of nitrogens with zero attached hydrogens (tertiary/aromatic N) is 3. The molecule has 1 unspecified atom stereocenters. The lowest BCUT2D eigenvalue weighted by Gasteiger charge is -2.31. The number of carbonyl (C=O) groups excluding carboxylic acids is 2. The van der Waals surface area contributed by atoms with Crippen molar-refractivity contribution in [3.8, 4) is 10.7 Å². The molecule has 0 bridgehead atoms. The van der Waals surface area contributed by atoms with Gasteiger partial charge in [-0.3, -0.25) is 14.6 Å². The molecule has 0 aliphatic carbocycles. The second-order valence-electron chi connectivity index (χ2n) is 5.83.